The molecule has 5 nitrogen and oxygen atoms in total. The van der Waals surface area contributed by atoms with Gasteiger partial charge >= 0.3 is 5.97 Å². The average molecular weight is 183 g/mol. The third-order valence-corrected chi connectivity index (χ3v) is 1.92. The van der Waals surface area contributed by atoms with Crippen molar-refractivity contribution in [3.8, 4) is 0 Å². The molecule has 0 spiro atoms. The first-order chi connectivity index (χ1) is 6.11. The van der Waals surface area contributed by atoms with Crippen LogP contribution in [0, 0.1) is 0 Å². The smallest absolute Gasteiger partial charge is 0.320 e. The lowest BCUT2D eigenvalue weighted by atomic mass is 10.1. The van der Waals surface area contributed by atoms with Crippen LogP contribution in [0.15, 0.2) is 12.4 Å². The van der Waals surface area contributed by atoms with Crippen molar-refractivity contribution in [2.24, 2.45) is 12.8 Å². The lowest BCUT2D eigenvalue weighted by Gasteiger charge is -2.05. The van der Waals surface area contributed by atoms with Gasteiger partial charge in [-0.1, -0.05) is 0 Å². The third kappa shape index (κ3) is 2.55. The Kier molecular flexibility index (Phi) is 3.02. The van der Waals surface area contributed by atoms with Gasteiger partial charge in [-0.25, -0.2) is 4.98 Å². The van der Waals surface area contributed by atoms with E-state index in [4.69, 9.17) is 10.8 Å². The summed E-state index contributed by atoms with van der Waals surface area (Å²) in [5.74, 6) is -0.106. The molecule has 0 aliphatic rings. The zero-order valence-corrected chi connectivity index (χ0v) is 7.47. The molecule has 1 rings (SSSR count). The Bertz CT molecular complexity index is 295. The van der Waals surface area contributed by atoms with Crippen LogP contribution < -0.4 is 5.73 Å². The van der Waals surface area contributed by atoms with E-state index in [1.54, 1.807) is 6.20 Å². The number of carboxylic acid groups (broad SMARTS) is 1. The van der Waals surface area contributed by atoms with Crippen molar-refractivity contribution in [1.29, 1.82) is 0 Å². The molecule has 0 aliphatic carbocycles. The van der Waals surface area contributed by atoms with Crippen LogP contribution in [-0.4, -0.2) is 26.7 Å². The maximum Gasteiger partial charge on any atom is 0.320 e. The van der Waals surface area contributed by atoms with Crippen LogP contribution in [0.5, 0.6) is 0 Å². The van der Waals surface area contributed by atoms with Crippen molar-refractivity contribution in [3.05, 3.63) is 18.2 Å². The molecule has 0 bridgehead atoms. The van der Waals surface area contributed by atoms with E-state index in [0.29, 0.717) is 12.8 Å². The average Bonchev–Trinajstić information content (AvgIpc) is 2.47. The molecular formula is C8H13N3O2. The van der Waals surface area contributed by atoms with E-state index in [1.807, 2.05) is 17.8 Å². The van der Waals surface area contributed by atoms with Crippen molar-refractivity contribution < 1.29 is 9.90 Å². The number of hydrogen-bond acceptors (Lipinski definition) is 3. The van der Waals surface area contributed by atoms with Crippen molar-refractivity contribution in [3.63, 3.8) is 0 Å². The Hall–Kier alpha value is -1.36. The van der Waals surface area contributed by atoms with Crippen LogP contribution >= 0.6 is 0 Å². The Labute approximate surface area is 76.2 Å². The predicted octanol–water partition coefficient (Wildman–Crippen LogP) is -0.235. The van der Waals surface area contributed by atoms with Gasteiger partial charge in [0.25, 0.3) is 0 Å². The van der Waals surface area contributed by atoms with Gasteiger partial charge in [-0.15, -0.1) is 0 Å². The molecule has 0 fully saturated rings. The minimum Gasteiger partial charge on any atom is -0.480 e. The largest absolute Gasteiger partial charge is 0.480 e. The highest BCUT2D eigenvalue weighted by molar-refractivity contribution is 5.72. The maximum absolute atomic E-state index is 10.4. The van der Waals surface area contributed by atoms with E-state index in [0.717, 1.165) is 5.82 Å². The summed E-state index contributed by atoms with van der Waals surface area (Å²) in [5.41, 5.74) is 5.35. The number of aliphatic carboxylic acids is 1. The van der Waals surface area contributed by atoms with E-state index < -0.39 is 12.0 Å². The van der Waals surface area contributed by atoms with E-state index >= 15 is 0 Å². The first-order valence-electron chi connectivity index (χ1n) is 4.06. The Morgan fingerprint density at radius 1 is 1.85 bits per heavy atom. The minimum absolute atomic E-state index is 0.417. The fraction of sp³-hybridized carbons (Fsp3) is 0.500. The molecule has 5 heteroatoms. The summed E-state index contributed by atoms with van der Waals surface area (Å²) in [6, 6.07) is -0.795. The van der Waals surface area contributed by atoms with Crippen LogP contribution in [0.2, 0.25) is 0 Å². The minimum atomic E-state index is -0.964. The van der Waals surface area contributed by atoms with Gasteiger partial charge in [0.05, 0.1) is 0 Å². The molecule has 1 heterocycles. The summed E-state index contributed by atoms with van der Waals surface area (Å²) in [4.78, 5) is 14.5. The quantitative estimate of drug-likeness (QED) is 0.675. The Morgan fingerprint density at radius 3 is 3.00 bits per heavy atom. The second kappa shape index (κ2) is 4.04. The number of nitrogens with two attached hydrogens (primary N) is 1. The Morgan fingerprint density at radius 2 is 2.54 bits per heavy atom. The lowest BCUT2D eigenvalue weighted by Crippen LogP contribution is -2.30. The fourth-order valence-electron chi connectivity index (χ4n) is 1.05. The van der Waals surface area contributed by atoms with Crippen LogP contribution in [0.3, 0.4) is 0 Å². The van der Waals surface area contributed by atoms with Crippen molar-refractivity contribution in [2.75, 3.05) is 0 Å². The molecule has 0 aromatic carbocycles. The van der Waals surface area contributed by atoms with Crippen molar-refractivity contribution >= 4 is 5.97 Å². The normalized spacial score (nSPS) is 12.8. The fourth-order valence-corrected chi connectivity index (χ4v) is 1.05. The van der Waals surface area contributed by atoms with Gasteiger partial charge in [-0.05, 0) is 6.42 Å². The number of rotatable bonds is 4. The van der Waals surface area contributed by atoms with E-state index in [-0.39, 0.29) is 0 Å². The highest BCUT2D eigenvalue weighted by Gasteiger charge is 2.11. The summed E-state index contributed by atoms with van der Waals surface area (Å²) in [5, 5.41) is 8.53. The number of carbonyl (C=O) groups is 1. The van der Waals surface area contributed by atoms with Gasteiger partial charge < -0.3 is 15.4 Å². The van der Waals surface area contributed by atoms with Gasteiger partial charge in [0.2, 0.25) is 0 Å². The topological polar surface area (TPSA) is 81.1 Å². The SMILES string of the molecule is Cn1ccnc1CC[C@@H](N)C(=O)O. The summed E-state index contributed by atoms with van der Waals surface area (Å²) in [7, 11) is 1.87. The Balaban J connectivity index is 2.44. The summed E-state index contributed by atoms with van der Waals surface area (Å²) in [6.45, 7) is 0. The van der Waals surface area contributed by atoms with Gasteiger partial charge in [0.1, 0.15) is 11.9 Å². The van der Waals surface area contributed by atoms with Crippen molar-refractivity contribution in [1.82, 2.24) is 9.55 Å². The molecule has 1 aromatic heterocycles. The van der Waals surface area contributed by atoms with E-state index in [9.17, 15) is 4.79 Å². The number of hydrogen-bond donors (Lipinski definition) is 2. The molecule has 1 aromatic rings. The third-order valence-electron chi connectivity index (χ3n) is 1.92. The second-order valence-electron chi connectivity index (χ2n) is 2.94. The van der Waals surface area contributed by atoms with Gasteiger partial charge in [0.15, 0.2) is 0 Å². The molecule has 72 valence electrons. The molecule has 0 unspecified atom stereocenters. The zero-order chi connectivity index (χ0) is 9.84. The highest BCUT2D eigenvalue weighted by Crippen LogP contribution is 2.00. The number of imidazole rings is 1. The van der Waals surface area contributed by atoms with E-state index in [1.165, 1.54) is 0 Å². The summed E-state index contributed by atoms with van der Waals surface area (Å²) < 4.78 is 1.86. The maximum atomic E-state index is 10.4. The molecule has 0 amide bonds. The number of carboxylic acids is 1. The zero-order valence-electron chi connectivity index (χ0n) is 7.47. The monoisotopic (exact) mass is 183 g/mol. The van der Waals surface area contributed by atoms with Gasteiger partial charge in [-0.3, -0.25) is 4.79 Å². The van der Waals surface area contributed by atoms with Crippen LogP contribution in [-0.2, 0) is 18.3 Å². The van der Waals surface area contributed by atoms with Crippen molar-refractivity contribution in [2.45, 2.75) is 18.9 Å². The predicted molar refractivity (Wildman–Crippen MR) is 47.1 cm³/mol. The molecule has 0 radical (unpaired) electrons. The molecule has 3 N–H and O–H groups in total. The van der Waals surface area contributed by atoms with Crippen LogP contribution in [0.25, 0.3) is 0 Å². The highest BCUT2D eigenvalue weighted by atomic mass is 16.4. The lowest BCUT2D eigenvalue weighted by molar-refractivity contribution is -0.138. The van der Waals surface area contributed by atoms with E-state index in [2.05, 4.69) is 4.98 Å². The van der Waals surface area contributed by atoms with Gasteiger partial charge in [0, 0.05) is 25.9 Å². The standard InChI is InChI=1S/C8H13N3O2/c1-11-5-4-10-7(11)3-2-6(9)8(12)13/h4-6H,2-3,9H2,1H3,(H,12,13)/t6-/m1/s1. The first-order valence-corrected chi connectivity index (χ1v) is 4.06. The van der Waals surface area contributed by atoms with Crippen LogP contribution in [0.1, 0.15) is 12.2 Å². The number of aromatic nitrogens is 2. The van der Waals surface area contributed by atoms with Crippen LogP contribution in [0.4, 0.5) is 0 Å². The molecular weight excluding hydrogens is 170 g/mol. The molecule has 0 saturated carbocycles. The first kappa shape index (κ1) is 9.73. The summed E-state index contributed by atoms with van der Waals surface area (Å²) >= 11 is 0. The summed E-state index contributed by atoms with van der Waals surface area (Å²) in [6.07, 6.45) is 4.51. The molecule has 0 saturated heterocycles. The second-order valence-corrected chi connectivity index (χ2v) is 2.94. The van der Waals surface area contributed by atoms with Gasteiger partial charge in [-0.2, -0.15) is 0 Å². The molecule has 13 heavy (non-hydrogen) atoms. The molecule has 0 aliphatic heterocycles. The number of aryl methyl sites for hydroxylation is 2. The number of nitrogens with zero attached hydrogens (tertiary/aromatic N) is 2. The molecule has 1 atom stereocenters.